The summed E-state index contributed by atoms with van der Waals surface area (Å²) in [6.07, 6.45) is 1.71. The van der Waals surface area contributed by atoms with Crippen LogP contribution < -0.4 is 0 Å². The smallest absolute Gasteiger partial charge is 0.235 e. The van der Waals surface area contributed by atoms with Crippen LogP contribution in [0.2, 0.25) is 0 Å². The molecule has 2 aromatic rings. The van der Waals surface area contributed by atoms with Gasteiger partial charge in [0.25, 0.3) is 0 Å². The van der Waals surface area contributed by atoms with Gasteiger partial charge in [0, 0.05) is 25.5 Å². The van der Waals surface area contributed by atoms with Crippen molar-refractivity contribution in [2.24, 2.45) is 0 Å². The highest BCUT2D eigenvalue weighted by Crippen LogP contribution is 2.15. The molecule has 0 atom stereocenters. The molecule has 0 aliphatic rings. The van der Waals surface area contributed by atoms with Crippen LogP contribution in [-0.4, -0.2) is 33.2 Å². The molecule has 0 aliphatic carbocycles. The van der Waals surface area contributed by atoms with Gasteiger partial charge in [-0.15, -0.1) is 10.2 Å². The Bertz CT molecular complexity index is 598. The molecule has 0 saturated carbocycles. The van der Waals surface area contributed by atoms with E-state index < -0.39 is 0 Å². The third-order valence-corrected chi connectivity index (χ3v) is 3.38. The zero-order chi connectivity index (χ0) is 15.4. The van der Waals surface area contributed by atoms with Gasteiger partial charge in [-0.3, -0.25) is 4.79 Å². The third-order valence-electron chi connectivity index (χ3n) is 3.38. The fourth-order valence-electron chi connectivity index (χ4n) is 2.07. The van der Waals surface area contributed by atoms with Crippen LogP contribution in [0.1, 0.15) is 42.1 Å². The van der Waals surface area contributed by atoms with E-state index in [2.05, 4.69) is 15.4 Å². The Morgan fingerprint density at radius 1 is 1.24 bits per heavy atom. The highest BCUT2D eigenvalue weighted by molar-refractivity contribution is 5.76. The summed E-state index contributed by atoms with van der Waals surface area (Å²) in [5.74, 6) is 1.83. The monoisotopic (exact) mass is 292 g/mol. The minimum atomic E-state index is 0.0197. The first kappa shape index (κ1) is 15.2. The zero-order valence-electron chi connectivity index (χ0n) is 12.8. The van der Waals surface area contributed by atoms with Crippen molar-refractivity contribution in [3.05, 3.63) is 28.8 Å². The number of aromatic nitrogens is 3. The van der Waals surface area contributed by atoms with Crippen LogP contribution in [0, 0.1) is 13.8 Å². The quantitative estimate of drug-likeness (QED) is 0.807. The van der Waals surface area contributed by atoms with Gasteiger partial charge in [-0.1, -0.05) is 12.1 Å². The minimum Gasteiger partial charge on any atom is -0.423 e. The van der Waals surface area contributed by atoms with Crippen molar-refractivity contribution < 1.29 is 13.7 Å². The summed E-state index contributed by atoms with van der Waals surface area (Å²) in [5, 5.41) is 11.7. The number of rotatable bonds is 6. The predicted octanol–water partition coefficient (Wildman–Crippen LogP) is 1.83. The van der Waals surface area contributed by atoms with Gasteiger partial charge in [0.2, 0.25) is 17.7 Å². The van der Waals surface area contributed by atoms with Crippen molar-refractivity contribution in [1.29, 1.82) is 0 Å². The summed E-state index contributed by atoms with van der Waals surface area (Å²) < 4.78 is 10.5. The Hall–Kier alpha value is -2.18. The molecule has 0 aromatic carbocycles. The van der Waals surface area contributed by atoms with Gasteiger partial charge in [-0.2, -0.15) is 0 Å². The fraction of sp³-hybridized carbons (Fsp3) is 0.571. The van der Waals surface area contributed by atoms with Gasteiger partial charge in [-0.05, 0) is 20.3 Å². The Balaban J connectivity index is 1.88. The SMILES string of the molecule is CCc1nnc(CN(C)C(=O)CCc2c(C)noc2C)o1. The second kappa shape index (κ2) is 6.51. The second-order valence-electron chi connectivity index (χ2n) is 5.00. The summed E-state index contributed by atoms with van der Waals surface area (Å²) in [5.41, 5.74) is 1.84. The summed E-state index contributed by atoms with van der Waals surface area (Å²) in [6, 6.07) is 0. The molecule has 0 spiro atoms. The summed E-state index contributed by atoms with van der Waals surface area (Å²) in [4.78, 5) is 13.7. The lowest BCUT2D eigenvalue weighted by Gasteiger charge is -2.14. The maximum atomic E-state index is 12.1. The van der Waals surface area contributed by atoms with Crippen molar-refractivity contribution >= 4 is 5.91 Å². The van der Waals surface area contributed by atoms with Gasteiger partial charge in [0.05, 0.1) is 12.2 Å². The van der Waals surface area contributed by atoms with Crippen LogP contribution in [0.4, 0.5) is 0 Å². The van der Waals surface area contributed by atoms with Gasteiger partial charge in [-0.25, -0.2) is 0 Å². The highest BCUT2D eigenvalue weighted by atomic mass is 16.5. The van der Waals surface area contributed by atoms with Crippen LogP contribution in [-0.2, 0) is 24.2 Å². The third kappa shape index (κ3) is 3.68. The van der Waals surface area contributed by atoms with Crippen molar-refractivity contribution in [2.75, 3.05) is 7.05 Å². The number of hydrogen-bond acceptors (Lipinski definition) is 6. The van der Waals surface area contributed by atoms with E-state index in [9.17, 15) is 4.79 Å². The van der Waals surface area contributed by atoms with Gasteiger partial charge >= 0.3 is 0 Å². The Morgan fingerprint density at radius 3 is 2.52 bits per heavy atom. The molecular formula is C14H20N4O3. The van der Waals surface area contributed by atoms with Crippen molar-refractivity contribution in [2.45, 2.75) is 46.6 Å². The standard InChI is InChI=1S/C14H20N4O3/c1-5-12-15-16-13(20-12)8-18(4)14(19)7-6-11-9(2)17-21-10(11)3/h5-8H2,1-4H3. The Kier molecular flexibility index (Phi) is 4.72. The lowest BCUT2D eigenvalue weighted by molar-refractivity contribution is -0.130. The molecule has 2 heterocycles. The molecule has 0 unspecified atom stereocenters. The van der Waals surface area contributed by atoms with E-state index >= 15 is 0 Å². The van der Waals surface area contributed by atoms with Gasteiger partial charge in [0.1, 0.15) is 5.76 Å². The summed E-state index contributed by atoms with van der Waals surface area (Å²) >= 11 is 0. The average molecular weight is 292 g/mol. The number of carbonyl (C=O) groups is 1. The first-order valence-corrected chi connectivity index (χ1v) is 6.98. The van der Waals surface area contributed by atoms with Crippen LogP contribution in [0.15, 0.2) is 8.94 Å². The van der Waals surface area contributed by atoms with E-state index in [1.54, 1.807) is 11.9 Å². The van der Waals surface area contributed by atoms with Crippen molar-refractivity contribution in [1.82, 2.24) is 20.3 Å². The van der Waals surface area contributed by atoms with Crippen LogP contribution in [0.25, 0.3) is 0 Å². The molecule has 21 heavy (non-hydrogen) atoms. The normalized spacial score (nSPS) is 10.9. The molecular weight excluding hydrogens is 272 g/mol. The molecule has 7 heteroatoms. The van der Waals surface area contributed by atoms with E-state index in [0.29, 0.717) is 37.6 Å². The number of hydrogen-bond donors (Lipinski definition) is 0. The molecule has 2 aromatic heterocycles. The first-order valence-electron chi connectivity index (χ1n) is 6.98. The van der Waals surface area contributed by atoms with Gasteiger partial charge < -0.3 is 13.8 Å². The molecule has 0 radical (unpaired) electrons. The molecule has 114 valence electrons. The number of carbonyl (C=O) groups excluding carboxylic acids is 1. The number of aryl methyl sites for hydroxylation is 3. The lowest BCUT2D eigenvalue weighted by Crippen LogP contribution is -2.26. The molecule has 1 amide bonds. The highest BCUT2D eigenvalue weighted by Gasteiger charge is 2.16. The number of nitrogens with zero attached hydrogens (tertiary/aromatic N) is 4. The molecule has 0 bridgehead atoms. The number of amides is 1. The molecule has 0 aliphatic heterocycles. The van der Waals surface area contributed by atoms with E-state index in [1.807, 2.05) is 20.8 Å². The summed E-state index contributed by atoms with van der Waals surface area (Å²) in [6.45, 7) is 6.00. The van der Waals surface area contributed by atoms with Gasteiger partial charge in [0.15, 0.2) is 0 Å². The molecule has 0 saturated heterocycles. The van der Waals surface area contributed by atoms with E-state index in [4.69, 9.17) is 8.94 Å². The van der Waals surface area contributed by atoms with E-state index in [-0.39, 0.29) is 5.91 Å². The Labute approximate surface area is 123 Å². The van der Waals surface area contributed by atoms with Crippen LogP contribution >= 0.6 is 0 Å². The van der Waals surface area contributed by atoms with Crippen LogP contribution in [0.5, 0.6) is 0 Å². The molecule has 0 N–H and O–H groups in total. The first-order chi connectivity index (χ1) is 10.0. The fourth-order valence-corrected chi connectivity index (χ4v) is 2.07. The maximum absolute atomic E-state index is 12.1. The second-order valence-corrected chi connectivity index (χ2v) is 5.00. The van der Waals surface area contributed by atoms with E-state index in [1.165, 1.54) is 0 Å². The predicted molar refractivity (Wildman–Crippen MR) is 74.4 cm³/mol. The molecule has 2 rings (SSSR count). The summed E-state index contributed by atoms with van der Waals surface area (Å²) in [7, 11) is 1.73. The maximum Gasteiger partial charge on any atom is 0.235 e. The molecule has 7 nitrogen and oxygen atoms in total. The topological polar surface area (TPSA) is 85.3 Å². The largest absolute Gasteiger partial charge is 0.423 e. The van der Waals surface area contributed by atoms with Crippen molar-refractivity contribution in [3.63, 3.8) is 0 Å². The average Bonchev–Trinajstić information content (AvgIpc) is 3.04. The zero-order valence-corrected chi connectivity index (χ0v) is 12.8. The lowest BCUT2D eigenvalue weighted by atomic mass is 10.1. The van der Waals surface area contributed by atoms with Crippen molar-refractivity contribution in [3.8, 4) is 0 Å². The van der Waals surface area contributed by atoms with Crippen LogP contribution in [0.3, 0.4) is 0 Å². The Morgan fingerprint density at radius 2 is 1.95 bits per heavy atom. The van der Waals surface area contributed by atoms with E-state index in [0.717, 1.165) is 17.0 Å². The molecule has 0 fully saturated rings. The minimum absolute atomic E-state index is 0.0197.